The summed E-state index contributed by atoms with van der Waals surface area (Å²) in [5, 5.41) is 6.08. The van der Waals surface area contributed by atoms with Crippen LogP contribution in [0.25, 0.3) is 0 Å². The second-order valence-electron chi connectivity index (χ2n) is 4.89. The molecule has 114 valence electrons. The van der Waals surface area contributed by atoms with Gasteiger partial charge in [0.1, 0.15) is 17.4 Å². The monoisotopic (exact) mass is 326 g/mol. The highest BCUT2D eigenvalue weighted by Crippen LogP contribution is 2.27. The van der Waals surface area contributed by atoms with Gasteiger partial charge in [-0.15, -0.1) is 11.3 Å². The molecule has 2 rings (SSSR count). The number of hydrogen-bond acceptors (Lipinski definition) is 5. The fourth-order valence-electron chi connectivity index (χ4n) is 1.98. The van der Waals surface area contributed by atoms with Gasteiger partial charge < -0.3 is 4.74 Å². The number of ether oxygens (including phenoxy) is 1. The first-order valence-corrected chi connectivity index (χ1v) is 8.75. The SMILES string of the molecule is Cc1nc(COc2ccc(S(N)(=O)=O)c(C)c2C)sc1C. The summed E-state index contributed by atoms with van der Waals surface area (Å²) in [6, 6.07) is 3.11. The van der Waals surface area contributed by atoms with Gasteiger partial charge in [0.2, 0.25) is 10.0 Å². The highest BCUT2D eigenvalue weighted by atomic mass is 32.2. The van der Waals surface area contributed by atoms with Gasteiger partial charge in [-0.1, -0.05) is 0 Å². The van der Waals surface area contributed by atoms with Crippen LogP contribution in [0.5, 0.6) is 5.75 Å². The maximum atomic E-state index is 11.5. The van der Waals surface area contributed by atoms with Crippen LogP contribution < -0.4 is 9.88 Å². The smallest absolute Gasteiger partial charge is 0.238 e. The summed E-state index contributed by atoms with van der Waals surface area (Å²) < 4.78 is 28.7. The van der Waals surface area contributed by atoms with Crippen LogP contribution >= 0.6 is 11.3 Å². The molecule has 0 unspecified atom stereocenters. The zero-order valence-electron chi connectivity index (χ0n) is 12.4. The molecular weight excluding hydrogens is 308 g/mol. The van der Waals surface area contributed by atoms with E-state index in [0.717, 1.165) is 16.3 Å². The summed E-state index contributed by atoms with van der Waals surface area (Å²) in [5.41, 5.74) is 2.39. The summed E-state index contributed by atoms with van der Waals surface area (Å²) in [7, 11) is -3.71. The molecule has 5 nitrogen and oxygen atoms in total. The van der Waals surface area contributed by atoms with Crippen molar-refractivity contribution in [1.29, 1.82) is 0 Å². The molecular formula is C14H18N2O3S2. The minimum Gasteiger partial charge on any atom is -0.486 e. The van der Waals surface area contributed by atoms with Crippen molar-refractivity contribution in [2.24, 2.45) is 5.14 Å². The van der Waals surface area contributed by atoms with E-state index in [4.69, 9.17) is 9.88 Å². The Morgan fingerprint density at radius 3 is 2.38 bits per heavy atom. The number of primary sulfonamides is 1. The lowest BCUT2D eigenvalue weighted by atomic mass is 10.1. The van der Waals surface area contributed by atoms with Crippen LogP contribution in [-0.4, -0.2) is 13.4 Å². The molecule has 1 aromatic carbocycles. The summed E-state index contributed by atoms with van der Waals surface area (Å²) in [5.74, 6) is 0.644. The molecule has 0 bridgehead atoms. The average Bonchev–Trinajstić information content (AvgIpc) is 2.69. The van der Waals surface area contributed by atoms with Crippen molar-refractivity contribution in [3.63, 3.8) is 0 Å². The summed E-state index contributed by atoms with van der Waals surface area (Å²) in [4.78, 5) is 5.72. The van der Waals surface area contributed by atoms with Crippen LogP contribution in [0.2, 0.25) is 0 Å². The molecule has 0 spiro atoms. The van der Waals surface area contributed by atoms with Crippen molar-refractivity contribution in [2.45, 2.75) is 39.2 Å². The Kier molecular flexibility index (Phi) is 4.36. The third kappa shape index (κ3) is 3.42. The summed E-state index contributed by atoms with van der Waals surface area (Å²) >= 11 is 1.60. The van der Waals surface area contributed by atoms with Crippen LogP contribution in [0, 0.1) is 27.7 Å². The molecule has 0 saturated carbocycles. The molecule has 2 aromatic rings. The molecule has 0 radical (unpaired) electrons. The van der Waals surface area contributed by atoms with Gasteiger partial charge in [-0.3, -0.25) is 0 Å². The number of rotatable bonds is 4. The van der Waals surface area contributed by atoms with Gasteiger partial charge in [0.15, 0.2) is 0 Å². The third-order valence-electron chi connectivity index (χ3n) is 3.42. The van der Waals surface area contributed by atoms with Crippen LogP contribution in [0.4, 0.5) is 0 Å². The number of thiazole rings is 1. The fraction of sp³-hybridized carbons (Fsp3) is 0.357. The molecule has 21 heavy (non-hydrogen) atoms. The van der Waals surface area contributed by atoms with E-state index in [1.54, 1.807) is 24.3 Å². The lowest BCUT2D eigenvalue weighted by molar-refractivity contribution is 0.303. The first-order valence-electron chi connectivity index (χ1n) is 6.39. The second-order valence-corrected chi connectivity index (χ2v) is 7.71. The van der Waals surface area contributed by atoms with Crippen molar-refractivity contribution in [3.05, 3.63) is 38.8 Å². The molecule has 0 fully saturated rings. The summed E-state index contributed by atoms with van der Waals surface area (Å²) in [6.45, 7) is 7.89. The van der Waals surface area contributed by atoms with Crippen molar-refractivity contribution in [3.8, 4) is 5.75 Å². The van der Waals surface area contributed by atoms with E-state index in [9.17, 15) is 8.42 Å². The van der Waals surface area contributed by atoms with Crippen molar-refractivity contribution in [2.75, 3.05) is 0 Å². The van der Waals surface area contributed by atoms with Gasteiger partial charge in [-0.05, 0) is 51.0 Å². The van der Waals surface area contributed by atoms with Crippen molar-refractivity contribution in [1.82, 2.24) is 4.98 Å². The maximum Gasteiger partial charge on any atom is 0.238 e. The number of benzene rings is 1. The minimum atomic E-state index is -3.71. The van der Waals surface area contributed by atoms with Crippen molar-refractivity contribution >= 4 is 21.4 Å². The molecule has 0 amide bonds. The van der Waals surface area contributed by atoms with Gasteiger partial charge in [-0.2, -0.15) is 0 Å². The topological polar surface area (TPSA) is 82.3 Å². The molecule has 2 N–H and O–H groups in total. The van der Waals surface area contributed by atoms with Crippen LogP contribution in [0.1, 0.15) is 26.7 Å². The molecule has 1 aromatic heterocycles. The Bertz CT molecular complexity index is 760. The van der Waals surface area contributed by atoms with Gasteiger partial charge in [0, 0.05) is 4.88 Å². The lowest BCUT2D eigenvalue weighted by Gasteiger charge is -2.12. The fourth-order valence-corrected chi connectivity index (χ4v) is 3.66. The third-order valence-corrected chi connectivity index (χ3v) is 5.52. The maximum absolute atomic E-state index is 11.5. The number of nitrogens with zero attached hydrogens (tertiary/aromatic N) is 1. The van der Waals surface area contributed by atoms with Crippen molar-refractivity contribution < 1.29 is 13.2 Å². The molecule has 1 heterocycles. The lowest BCUT2D eigenvalue weighted by Crippen LogP contribution is -2.14. The number of hydrogen-bond donors (Lipinski definition) is 1. The van der Waals surface area contributed by atoms with E-state index in [1.807, 2.05) is 20.8 Å². The minimum absolute atomic E-state index is 0.133. The number of sulfonamides is 1. The Balaban J connectivity index is 2.24. The number of aromatic nitrogens is 1. The van der Waals surface area contributed by atoms with E-state index in [2.05, 4.69) is 4.98 Å². The van der Waals surface area contributed by atoms with E-state index in [0.29, 0.717) is 17.9 Å². The van der Waals surface area contributed by atoms with E-state index in [1.165, 1.54) is 10.9 Å². The van der Waals surface area contributed by atoms with Gasteiger partial charge in [-0.25, -0.2) is 18.5 Å². The molecule has 0 aliphatic rings. The predicted molar refractivity (Wildman–Crippen MR) is 83.2 cm³/mol. The Hall–Kier alpha value is -1.44. The average molecular weight is 326 g/mol. The van der Waals surface area contributed by atoms with Gasteiger partial charge in [0.05, 0.1) is 10.6 Å². The molecule has 0 aliphatic heterocycles. The predicted octanol–water partition coefficient (Wildman–Crippen LogP) is 2.60. The van der Waals surface area contributed by atoms with Gasteiger partial charge in [0.25, 0.3) is 0 Å². The van der Waals surface area contributed by atoms with E-state index in [-0.39, 0.29) is 4.90 Å². The quantitative estimate of drug-likeness (QED) is 0.936. The highest BCUT2D eigenvalue weighted by Gasteiger charge is 2.16. The molecule has 0 atom stereocenters. The van der Waals surface area contributed by atoms with E-state index >= 15 is 0 Å². The second kappa shape index (κ2) is 5.75. The Labute approximate surface area is 128 Å². The largest absolute Gasteiger partial charge is 0.486 e. The molecule has 0 saturated heterocycles. The van der Waals surface area contributed by atoms with E-state index < -0.39 is 10.0 Å². The van der Waals surface area contributed by atoms with Crippen LogP contribution in [0.15, 0.2) is 17.0 Å². The molecule has 0 aliphatic carbocycles. The zero-order chi connectivity index (χ0) is 15.8. The summed E-state index contributed by atoms with van der Waals surface area (Å²) in [6.07, 6.45) is 0. The molecule has 7 heteroatoms. The number of aryl methyl sites for hydroxylation is 2. The Morgan fingerprint density at radius 1 is 1.19 bits per heavy atom. The van der Waals surface area contributed by atoms with Crippen LogP contribution in [-0.2, 0) is 16.6 Å². The van der Waals surface area contributed by atoms with Crippen LogP contribution in [0.3, 0.4) is 0 Å². The Morgan fingerprint density at radius 2 is 1.86 bits per heavy atom. The first kappa shape index (κ1) is 15.9. The van der Waals surface area contributed by atoms with Gasteiger partial charge >= 0.3 is 0 Å². The number of nitrogens with two attached hydrogens (primary N) is 1. The normalized spacial score (nSPS) is 11.7. The highest BCUT2D eigenvalue weighted by molar-refractivity contribution is 7.89. The zero-order valence-corrected chi connectivity index (χ0v) is 14.1. The standard InChI is InChI=1S/C14H18N2O3S2/c1-8-9(2)13(21(15,17)18)6-5-12(8)19-7-14-16-10(3)11(4)20-14/h5-6H,7H2,1-4H3,(H2,15,17,18). The first-order chi connectivity index (χ1) is 9.70.